The number of carboxylic acids is 1. The number of hydrogen-bond donors (Lipinski definition) is 2. The van der Waals surface area contributed by atoms with Crippen molar-refractivity contribution >= 4 is 27.8 Å². The summed E-state index contributed by atoms with van der Waals surface area (Å²) in [6, 6.07) is 2.68. The summed E-state index contributed by atoms with van der Waals surface area (Å²) in [7, 11) is 0. The number of halogens is 1. The Hall–Kier alpha value is -1.36. The average Bonchev–Trinajstić information content (AvgIpc) is 2.22. The first-order valence-corrected chi connectivity index (χ1v) is 5.92. The van der Waals surface area contributed by atoms with E-state index in [1.54, 1.807) is 6.07 Å². The number of carbonyl (C=O) groups is 2. The zero-order valence-electron chi connectivity index (χ0n) is 9.87. The number of rotatable bonds is 3. The van der Waals surface area contributed by atoms with Gasteiger partial charge in [-0.15, -0.1) is 0 Å². The molecule has 1 unspecified atom stereocenters. The predicted molar refractivity (Wildman–Crippen MR) is 68.2 cm³/mol. The second-order valence-corrected chi connectivity index (χ2v) is 4.80. The normalized spacial score (nSPS) is 12.0. The molecule has 0 heterocycles. The molecule has 0 spiro atoms. The van der Waals surface area contributed by atoms with Gasteiger partial charge in [0.25, 0.3) is 5.91 Å². The van der Waals surface area contributed by atoms with Gasteiger partial charge in [0.1, 0.15) is 6.04 Å². The molecule has 2 N–H and O–H groups in total. The van der Waals surface area contributed by atoms with E-state index in [9.17, 15) is 9.59 Å². The number of benzene rings is 1. The first-order chi connectivity index (χ1) is 7.82. The van der Waals surface area contributed by atoms with Crippen molar-refractivity contribution in [2.75, 3.05) is 0 Å². The van der Waals surface area contributed by atoms with E-state index in [0.717, 1.165) is 15.6 Å². The van der Waals surface area contributed by atoms with E-state index >= 15 is 0 Å². The van der Waals surface area contributed by atoms with E-state index in [1.165, 1.54) is 6.92 Å². The van der Waals surface area contributed by atoms with Crippen molar-refractivity contribution < 1.29 is 14.7 Å². The zero-order chi connectivity index (χ0) is 13.2. The lowest BCUT2D eigenvalue weighted by atomic mass is 10.0. The number of carboxylic acid groups (broad SMARTS) is 1. The van der Waals surface area contributed by atoms with E-state index in [2.05, 4.69) is 21.2 Å². The summed E-state index contributed by atoms with van der Waals surface area (Å²) in [5.74, 6) is -1.42. The molecule has 17 heavy (non-hydrogen) atoms. The van der Waals surface area contributed by atoms with Gasteiger partial charge in [0.2, 0.25) is 0 Å². The molecule has 1 aromatic carbocycles. The molecule has 0 aliphatic heterocycles. The minimum atomic E-state index is -1.05. The molecule has 0 bridgehead atoms. The Morgan fingerprint density at radius 3 is 2.41 bits per heavy atom. The van der Waals surface area contributed by atoms with Crippen LogP contribution in [-0.2, 0) is 4.79 Å². The van der Waals surface area contributed by atoms with Crippen LogP contribution in [0.25, 0.3) is 0 Å². The predicted octanol–water partition coefficient (Wildman–Crippen LogP) is 2.27. The van der Waals surface area contributed by atoms with Gasteiger partial charge in [-0.05, 0) is 44.0 Å². The molecule has 0 aliphatic rings. The third-order valence-corrected chi connectivity index (χ3v) is 3.32. The highest BCUT2D eigenvalue weighted by Gasteiger charge is 2.17. The largest absolute Gasteiger partial charge is 0.480 e. The van der Waals surface area contributed by atoms with Gasteiger partial charge in [-0.3, -0.25) is 9.59 Å². The molecule has 5 heteroatoms. The standard InChI is InChI=1S/C12H14BrNO3/c1-6-5-10(13)7(2)4-9(6)11(15)14-8(3)12(16)17/h4-5,8H,1-3H3,(H,14,15)(H,16,17). The molecule has 1 aromatic rings. The molecule has 4 nitrogen and oxygen atoms in total. The van der Waals surface area contributed by atoms with Crippen molar-refractivity contribution in [3.8, 4) is 0 Å². The van der Waals surface area contributed by atoms with Crippen LogP contribution in [0.3, 0.4) is 0 Å². The fourth-order valence-electron chi connectivity index (χ4n) is 1.36. The molecule has 0 saturated heterocycles. The Morgan fingerprint density at radius 1 is 1.29 bits per heavy atom. The van der Waals surface area contributed by atoms with E-state index in [0.29, 0.717) is 5.56 Å². The average molecular weight is 300 g/mol. The minimum Gasteiger partial charge on any atom is -0.480 e. The first-order valence-electron chi connectivity index (χ1n) is 5.13. The van der Waals surface area contributed by atoms with Gasteiger partial charge in [-0.2, -0.15) is 0 Å². The zero-order valence-corrected chi connectivity index (χ0v) is 11.5. The molecule has 0 radical (unpaired) electrons. The molecule has 1 amide bonds. The number of carbonyl (C=O) groups excluding carboxylic acids is 1. The summed E-state index contributed by atoms with van der Waals surface area (Å²) in [5.41, 5.74) is 2.24. The summed E-state index contributed by atoms with van der Waals surface area (Å²) in [6.07, 6.45) is 0. The lowest BCUT2D eigenvalue weighted by Crippen LogP contribution is -2.38. The number of aliphatic carboxylic acids is 1. The number of nitrogens with one attached hydrogen (secondary N) is 1. The highest BCUT2D eigenvalue weighted by atomic mass is 79.9. The SMILES string of the molecule is Cc1cc(C(=O)NC(C)C(=O)O)c(C)cc1Br. The number of amides is 1. The van der Waals surface area contributed by atoms with Crippen LogP contribution in [-0.4, -0.2) is 23.0 Å². The van der Waals surface area contributed by atoms with Crippen LogP contribution >= 0.6 is 15.9 Å². The van der Waals surface area contributed by atoms with Crippen LogP contribution in [0.1, 0.15) is 28.4 Å². The van der Waals surface area contributed by atoms with Crippen molar-refractivity contribution in [3.63, 3.8) is 0 Å². The minimum absolute atomic E-state index is 0.368. The van der Waals surface area contributed by atoms with Crippen LogP contribution < -0.4 is 5.32 Å². The second-order valence-electron chi connectivity index (χ2n) is 3.95. The van der Waals surface area contributed by atoms with Crippen molar-refractivity contribution in [1.82, 2.24) is 5.32 Å². The molecule has 0 saturated carbocycles. The van der Waals surface area contributed by atoms with Gasteiger partial charge in [0, 0.05) is 10.0 Å². The molecule has 1 rings (SSSR count). The number of hydrogen-bond acceptors (Lipinski definition) is 2. The Morgan fingerprint density at radius 2 is 1.88 bits per heavy atom. The van der Waals surface area contributed by atoms with E-state index in [-0.39, 0.29) is 5.91 Å². The Balaban J connectivity index is 2.97. The Kier molecular flexibility index (Phi) is 4.28. The fourth-order valence-corrected chi connectivity index (χ4v) is 1.82. The maximum atomic E-state index is 11.9. The van der Waals surface area contributed by atoms with Crippen LogP contribution in [0.5, 0.6) is 0 Å². The molecule has 1 atom stereocenters. The summed E-state index contributed by atoms with van der Waals surface area (Å²) in [4.78, 5) is 22.5. The van der Waals surface area contributed by atoms with Crippen molar-refractivity contribution in [2.45, 2.75) is 26.8 Å². The monoisotopic (exact) mass is 299 g/mol. The van der Waals surface area contributed by atoms with Gasteiger partial charge in [-0.1, -0.05) is 15.9 Å². The highest BCUT2D eigenvalue weighted by Crippen LogP contribution is 2.21. The molecular formula is C12H14BrNO3. The summed E-state index contributed by atoms with van der Waals surface area (Å²) >= 11 is 3.38. The Labute approximate surface area is 108 Å². The van der Waals surface area contributed by atoms with Gasteiger partial charge < -0.3 is 10.4 Å². The van der Waals surface area contributed by atoms with Crippen LogP contribution in [0.15, 0.2) is 16.6 Å². The van der Waals surface area contributed by atoms with Gasteiger partial charge in [0.15, 0.2) is 0 Å². The summed E-state index contributed by atoms with van der Waals surface area (Å²) < 4.78 is 0.929. The van der Waals surface area contributed by atoms with Crippen LogP contribution in [0.2, 0.25) is 0 Å². The molecule has 0 aliphatic carbocycles. The maximum absolute atomic E-state index is 11.9. The van der Waals surface area contributed by atoms with Crippen molar-refractivity contribution in [1.29, 1.82) is 0 Å². The van der Waals surface area contributed by atoms with Gasteiger partial charge in [0.05, 0.1) is 0 Å². The van der Waals surface area contributed by atoms with Crippen LogP contribution in [0.4, 0.5) is 0 Å². The van der Waals surface area contributed by atoms with E-state index < -0.39 is 12.0 Å². The van der Waals surface area contributed by atoms with Gasteiger partial charge >= 0.3 is 5.97 Å². The second kappa shape index (κ2) is 5.31. The Bertz CT molecular complexity index is 471. The van der Waals surface area contributed by atoms with Crippen LogP contribution in [0, 0.1) is 13.8 Å². The number of aryl methyl sites for hydroxylation is 2. The quantitative estimate of drug-likeness (QED) is 0.900. The van der Waals surface area contributed by atoms with Crippen molar-refractivity contribution in [2.24, 2.45) is 0 Å². The maximum Gasteiger partial charge on any atom is 0.325 e. The smallest absolute Gasteiger partial charge is 0.325 e. The molecule has 0 aromatic heterocycles. The fraction of sp³-hybridized carbons (Fsp3) is 0.333. The topological polar surface area (TPSA) is 66.4 Å². The summed E-state index contributed by atoms with van der Waals surface area (Å²) in [6.45, 7) is 5.12. The van der Waals surface area contributed by atoms with E-state index in [4.69, 9.17) is 5.11 Å². The summed E-state index contributed by atoms with van der Waals surface area (Å²) in [5, 5.41) is 11.2. The third kappa shape index (κ3) is 3.30. The lowest BCUT2D eigenvalue weighted by Gasteiger charge is -2.12. The van der Waals surface area contributed by atoms with Gasteiger partial charge in [-0.25, -0.2) is 0 Å². The van der Waals surface area contributed by atoms with E-state index in [1.807, 2.05) is 19.9 Å². The molecular weight excluding hydrogens is 286 g/mol. The first kappa shape index (κ1) is 13.7. The molecule has 92 valence electrons. The highest BCUT2D eigenvalue weighted by molar-refractivity contribution is 9.10. The van der Waals surface area contributed by atoms with Crippen molar-refractivity contribution in [3.05, 3.63) is 33.3 Å². The molecule has 0 fully saturated rings. The lowest BCUT2D eigenvalue weighted by molar-refractivity contribution is -0.138. The third-order valence-electron chi connectivity index (χ3n) is 2.47.